The van der Waals surface area contributed by atoms with Gasteiger partial charge in [0.1, 0.15) is 5.52 Å². The van der Waals surface area contributed by atoms with Crippen LogP contribution in [0, 0.1) is 0 Å². The van der Waals surface area contributed by atoms with Gasteiger partial charge in [-0.1, -0.05) is 13.8 Å². The zero-order valence-corrected chi connectivity index (χ0v) is 12.3. The number of nitrogens with two attached hydrogens (primary N) is 1. The Balaban J connectivity index is 2.35. The van der Waals surface area contributed by atoms with Gasteiger partial charge >= 0.3 is 0 Å². The van der Waals surface area contributed by atoms with E-state index < -0.39 is 0 Å². The molecule has 0 aliphatic carbocycles. The average Bonchev–Trinajstić information content (AvgIpc) is 3.03. The summed E-state index contributed by atoms with van der Waals surface area (Å²) in [5.74, 6) is 0.477. The Kier molecular flexibility index (Phi) is 2.77. The van der Waals surface area contributed by atoms with E-state index in [9.17, 15) is 0 Å². The maximum atomic E-state index is 6.13. The van der Waals surface area contributed by atoms with Crippen molar-refractivity contribution in [1.29, 1.82) is 0 Å². The molecule has 7 nitrogen and oxygen atoms in total. The Morgan fingerprint density at radius 1 is 1.10 bits per heavy atom. The minimum atomic E-state index is 0.477. The highest BCUT2D eigenvalue weighted by atomic mass is 15.4. The standard InChI is InChI=1S/C13H19N7/c1-5-8-10(7-18(3)16-8)20-12-11(15-13(20)14)9(6-2)17-19(12)4/h7H,5-6H2,1-4H3,(H2,14,15). The second-order valence-electron chi connectivity index (χ2n) is 4.89. The van der Waals surface area contributed by atoms with Gasteiger partial charge < -0.3 is 5.73 Å². The van der Waals surface area contributed by atoms with E-state index in [1.165, 1.54) is 0 Å². The predicted octanol–water partition coefficient (Wildman–Crippen LogP) is 1.20. The number of nitrogens with zero attached hydrogens (tertiary/aromatic N) is 6. The quantitative estimate of drug-likeness (QED) is 0.777. The Morgan fingerprint density at radius 2 is 1.80 bits per heavy atom. The Morgan fingerprint density at radius 3 is 2.45 bits per heavy atom. The highest BCUT2D eigenvalue weighted by Gasteiger charge is 2.20. The Hall–Kier alpha value is -2.31. The molecule has 0 bridgehead atoms. The lowest BCUT2D eigenvalue weighted by Crippen LogP contribution is -2.06. The van der Waals surface area contributed by atoms with E-state index in [-0.39, 0.29) is 0 Å². The van der Waals surface area contributed by atoms with Gasteiger partial charge in [-0.25, -0.2) is 9.67 Å². The third-order valence-corrected chi connectivity index (χ3v) is 3.52. The van der Waals surface area contributed by atoms with Crippen molar-refractivity contribution in [3.63, 3.8) is 0 Å². The summed E-state index contributed by atoms with van der Waals surface area (Å²) in [7, 11) is 3.83. The van der Waals surface area contributed by atoms with Gasteiger partial charge in [-0.3, -0.25) is 9.25 Å². The highest BCUT2D eigenvalue weighted by molar-refractivity contribution is 5.80. The molecule has 0 aliphatic rings. The summed E-state index contributed by atoms with van der Waals surface area (Å²) in [6.45, 7) is 4.15. The molecule has 0 aliphatic heterocycles. The smallest absolute Gasteiger partial charge is 0.207 e. The molecule has 0 fully saturated rings. The van der Waals surface area contributed by atoms with Gasteiger partial charge in [0.05, 0.1) is 17.1 Å². The number of aromatic nitrogens is 6. The van der Waals surface area contributed by atoms with Crippen LogP contribution in [0.3, 0.4) is 0 Å². The van der Waals surface area contributed by atoms with Gasteiger partial charge in [-0.05, 0) is 12.8 Å². The van der Waals surface area contributed by atoms with Crippen molar-refractivity contribution in [3.05, 3.63) is 17.6 Å². The largest absolute Gasteiger partial charge is 0.369 e. The summed E-state index contributed by atoms with van der Waals surface area (Å²) < 4.78 is 5.58. The fraction of sp³-hybridized carbons (Fsp3) is 0.462. The molecule has 2 N–H and O–H groups in total. The van der Waals surface area contributed by atoms with Crippen LogP contribution in [-0.4, -0.2) is 29.1 Å². The lowest BCUT2D eigenvalue weighted by Gasteiger charge is -2.05. The van der Waals surface area contributed by atoms with E-state index in [0.29, 0.717) is 5.95 Å². The third-order valence-electron chi connectivity index (χ3n) is 3.52. The van der Waals surface area contributed by atoms with Crippen LogP contribution in [0.25, 0.3) is 16.9 Å². The number of aryl methyl sites for hydroxylation is 4. The monoisotopic (exact) mass is 273 g/mol. The first-order valence-corrected chi connectivity index (χ1v) is 6.79. The van der Waals surface area contributed by atoms with Crippen LogP contribution < -0.4 is 5.73 Å². The number of hydrogen-bond acceptors (Lipinski definition) is 4. The third kappa shape index (κ3) is 1.62. The van der Waals surface area contributed by atoms with Crippen LogP contribution in [0.15, 0.2) is 6.20 Å². The summed E-state index contributed by atoms with van der Waals surface area (Å²) in [6, 6.07) is 0. The van der Waals surface area contributed by atoms with E-state index >= 15 is 0 Å². The van der Waals surface area contributed by atoms with Crippen molar-refractivity contribution in [2.45, 2.75) is 26.7 Å². The number of anilines is 1. The molecule has 106 valence electrons. The molecule has 0 atom stereocenters. The van der Waals surface area contributed by atoms with Crippen LogP contribution in [0.4, 0.5) is 5.95 Å². The highest BCUT2D eigenvalue weighted by Crippen LogP contribution is 2.26. The second-order valence-corrected chi connectivity index (χ2v) is 4.89. The topological polar surface area (TPSA) is 79.5 Å². The minimum absolute atomic E-state index is 0.477. The average molecular weight is 273 g/mol. The van der Waals surface area contributed by atoms with Gasteiger partial charge in [-0.2, -0.15) is 10.2 Å². The number of rotatable bonds is 3. The summed E-state index contributed by atoms with van der Waals surface area (Å²) in [5.41, 5.74) is 10.9. The molecule has 0 spiro atoms. The van der Waals surface area contributed by atoms with Crippen molar-refractivity contribution in [1.82, 2.24) is 29.1 Å². The lowest BCUT2D eigenvalue weighted by molar-refractivity contribution is 0.746. The molecule has 0 amide bonds. The Bertz CT molecular complexity index is 774. The first-order valence-electron chi connectivity index (χ1n) is 6.79. The Labute approximate surface area is 117 Å². The normalized spacial score (nSPS) is 11.6. The van der Waals surface area contributed by atoms with Crippen LogP contribution in [-0.2, 0) is 26.9 Å². The fourth-order valence-electron chi connectivity index (χ4n) is 2.63. The van der Waals surface area contributed by atoms with Gasteiger partial charge in [0, 0.05) is 20.3 Å². The van der Waals surface area contributed by atoms with E-state index in [2.05, 4.69) is 29.0 Å². The molecule has 3 aromatic heterocycles. The van der Waals surface area contributed by atoms with Crippen LogP contribution in [0.1, 0.15) is 25.2 Å². The maximum Gasteiger partial charge on any atom is 0.207 e. The van der Waals surface area contributed by atoms with E-state index in [4.69, 9.17) is 5.73 Å². The van der Waals surface area contributed by atoms with Crippen molar-refractivity contribution in [3.8, 4) is 5.69 Å². The van der Waals surface area contributed by atoms with Gasteiger partial charge in [0.25, 0.3) is 0 Å². The zero-order chi connectivity index (χ0) is 14.4. The zero-order valence-electron chi connectivity index (χ0n) is 12.3. The molecule has 0 saturated carbocycles. The van der Waals surface area contributed by atoms with Crippen molar-refractivity contribution in [2.75, 3.05) is 5.73 Å². The molecule has 3 aromatic rings. The van der Waals surface area contributed by atoms with E-state index in [0.717, 1.165) is 41.1 Å². The fourth-order valence-corrected chi connectivity index (χ4v) is 2.63. The van der Waals surface area contributed by atoms with E-state index in [1.54, 1.807) is 4.68 Å². The molecule has 0 unspecified atom stereocenters. The summed E-state index contributed by atoms with van der Waals surface area (Å²) in [4.78, 5) is 4.49. The van der Waals surface area contributed by atoms with Crippen molar-refractivity contribution >= 4 is 17.1 Å². The van der Waals surface area contributed by atoms with Gasteiger partial charge in [0.15, 0.2) is 5.65 Å². The first-order chi connectivity index (χ1) is 9.56. The molecule has 0 aromatic carbocycles. The summed E-state index contributed by atoms with van der Waals surface area (Å²) >= 11 is 0. The number of imidazole rings is 1. The predicted molar refractivity (Wildman–Crippen MR) is 77.8 cm³/mol. The molecular formula is C13H19N7. The molecule has 3 rings (SSSR count). The molecular weight excluding hydrogens is 254 g/mol. The lowest BCUT2D eigenvalue weighted by atomic mass is 10.3. The van der Waals surface area contributed by atoms with Crippen molar-refractivity contribution < 1.29 is 0 Å². The van der Waals surface area contributed by atoms with Gasteiger partial charge in [-0.15, -0.1) is 0 Å². The number of nitrogen functional groups attached to an aromatic ring is 1. The number of fused-ring (bicyclic) bond motifs is 1. The van der Waals surface area contributed by atoms with Crippen molar-refractivity contribution in [2.24, 2.45) is 14.1 Å². The molecule has 20 heavy (non-hydrogen) atoms. The van der Waals surface area contributed by atoms with Crippen LogP contribution >= 0.6 is 0 Å². The molecule has 0 saturated heterocycles. The molecule has 0 radical (unpaired) electrons. The van der Waals surface area contributed by atoms with Crippen LogP contribution in [0.2, 0.25) is 0 Å². The molecule has 3 heterocycles. The number of hydrogen-bond donors (Lipinski definition) is 1. The summed E-state index contributed by atoms with van der Waals surface area (Å²) in [6.07, 6.45) is 3.64. The van der Waals surface area contributed by atoms with Crippen LogP contribution in [0.5, 0.6) is 0 Å². The summed E-state index contributed by atoms with van der Waals surface area (Å²) in [5, 5.41) is 8.98. The molecule has 7 heteroatoms. The maximum absolute atomic E-state index is 6.13. The van der Waals surface area contributed by atoms with E-state index in [1.807, 2.05) is 29.5 Å². The second kappa shape index (κ2) is 4.36. The first kappa shape index (κ1) is 12.7. The van der Waals surface area contributed by atoms with Gasteiger partial charge in [0.2, 0.25) is 5.95 Å². The SMILES string of the molecule is CCc1nn(C)cc1-n1c(N)nc2c(CC)nn(C)c21. The minimum Gasteiger partial charge on any atom is -0.369 e.